The average Bonchev–Trinajstić information content (AvgIpc) is 3.11. The summed E-state index contributed by atoms with van der Waals surface area (Å²) < 4.78 is 2.09. The molecule has 130 valence electrons. The van der Waals surface area contributed by atoms with E-state index in [1.807, 2.05) is 30.6 Å². The average molecular weight is 343 g/mol. The second-order valence-corrected chi connectivity index (χ2v) is 6.92. The number of fused-ring (bicyclic) bond motifs is 2. The van der Waals surface area contributed by atoms with Gasteiger partial charge in [0.1, 0.15) is 5.65 Å². The molecule has 5 rings (SSSR count). The highest BCUT2D eigenvalue weighted by Crippen LogP contribution is 2.29. The summed E-state index contributed by atoms with van der Waals surface area (Å²) in [6.45, 7) is 5.24. The maximum Gasteiger partial charge on any atom is 0.137 e. The molecule has 1 aromatic carbocycles. The zero-order chi connectivity index (χ0) is 17.5. The second kappa shape index (κ2) is 6.11. The van der Waals surface area contributed by atoms with Crippen molar-refractivity contribution in [1.29, 1.82) is 0 Å². The van der Waals surface area contributed by atoms with Gasteiger partial charge in [-0.15, -0.1) is 0 Å². The van der Waals surface area contributed by atoms with Crippen molar-refractivity contribution >= 4 is 22.2 Å². The van der Waals surface area contributed by atoms with Crippen LogP contribution in [0.5, 0.6) is 0 Å². The van der Waals surface area contributed by atoms with Crippen molar-refractivity contribution in [3.63, 3.8) is 0 Å². The number of hydrogen-bond donors (Lipinski definition) is 1. The SMILES string of the molecule is C[C@@H]1CN(c2cccc3ccc(-c4cnc5ccccn45)nc23)CCN1. The Labute approximate surface area is 152 Å². The summed E-state index contributed by atoms with van der Waals surface area (Å²) in [5.74, 6) is 0. The van der Waals surface area contributed by atoms with Gasteiger partial charge in [-0.2, -0.15) is 0 Å². The molecule has 26 heavy (non-hydrogen) atoms. The van der Waals surface area contributed by atoms with Gasteiger partial charge in [-0.3, -0.25) is 4.40 Å². The molecule has 5 nitrogen and oxygen atoms in total. The van der Waals surface area contributed by atoms with Crippen molar-refractivity contribution in [3.8, 4) is 11.4 Å². The van der Waals surface area contributed by atoms with Crippen LogP contribution in [0.1, 0.15) is 6.92 Å². The Morgan fingerprint density at radius 1 is 1.08 bits per heavy atom. The normalized spacial score (nSPS) is 17.9. The molecule has 5 heteroatoms. The summed E-state index contributed by atoms with van der Waals surface area (Å²) in [5, 5.41) is 4.68. The van der Waals surface area contributed by atoms with E-state index in [4.69, 9.17) is 4.98 Å². The Morgan fingerprint density at radius 3 is 2.96 bits per heavy atom. The summed E-state index contributed by atoms with van der Waals surface area (Å²) in [5.41, 5.74) is 5.18. The van der Waals surface area contributed by atoms with Crippen molar-refractivity contribution in [1.82, 2.24) is 19.7 Å². The molecule has 0 saturated carbocycles. The monoisotopic (exact) mass is 343 g/mol. The molecule has 0 unspecified atom stereocenters. The third kappa shape index (κ3) is 2.52. The number of piperazine rings is 1. The number of nitrogens with zero attached hydrogens (tertiary/aromatic N) is 4. The molecule has 1 aliphatic heterocycles. The van der Waals surface area contributed by atoms with Gasteiger partial charge in [-0.1, -0.05) is 24.3 Å². The largest absolute Gasteiger partial charge is 0.367 e. The maximum atomic E-state index is 5.05. The predicted octanol–water partition coefficient (Wildman–Crippen LogP) is 3.35. The Kier molecular flexibility index (Phi) is 3.60. The van der Waals surface area contributed by atoms with Crippen LogP contribution in [0.2, 0.25) is 0 Å². The van der Waals surface area contributed by atoms with E-state index in [0.717, 1.165) is 42.2 Å². The molecule has 4 heterocycles. The summed E-state index contributed by atoms with van der Waals surface area (Å²) in [4.78, 5) is 12.0. The van der Waals surface area contributed by atoms with Gasteiger partial charge in [0.25, 0.3) is 0 Å². The summed E-state index contributed by atoms with van der Waals surface area (Å²) >= 11 is 0. The van der Waals surface area contributed by atoms with Crippen LogP contribution in [-0.2, 0) is 0 Å². The van der Waals surface area contributed by atoms with Crippen LogP contribution in [0.15, 0.2) is 60.9 Å². The van der Waals surface area contributed by atoms with Crippen LogP contribution in [0.3, 0.4) is 0 Å². The molecule has 0 bridgehead atoms. The first-order valence-electron chi connectivity index (χ1n) is 9.10. The molecule has 1 fully saturated rings. The minimum absolute atomic E-state index is 0.487. The smallest absolute Gasteiger partial charge is 0.137 e. The quantitative estimate of drug-likeness (QED) is 0.606. The van der Waals surface area contributed by atoms with E-state index in [1.165, 1.54) is 11.1 Å². The van der Waals surface area contributed by atoms with E-state index in [2.05, 4.69) is 56.9 Å². The van der Waals surface area contributed by atoms with Crippen LogP contribution in [0.25, 0.3) is 27.9 Å². The Bertz CT molecular complexity index is 1080. The number of anilines is 1. The second-order valence-electron chi connectivity index (χ2n) is 6.92. The van der Waals surface area contributed by atoms with Gasteiger partial charge < -0.3 is 10.2 Å². The van der Waals surface area contributed by atoms with Gasteiger partial charge >= 0.3 is 0 Å². The van der Waals surface area contributed by atoms with Crippen LogP contribution in [0, 0.1) is 0 Å². The standard InChI is InChI=1S/C21H21N5/c1-15-14-25(12-10-22-15)18-6-4-5-16-8-9-17(24-21(16)18)19-13-23-20-7-2-3-11-26(19)20/h2-9,11,13,15,22H,10,12,14H2,1H3/t15-/m1/s1. The highest BCUT2D eigenvalue weighted by atomic mass is 15.2. The molecule has 1 atom stereocenters. The van der Waals surface area contributed by atoms with Crippen molar-refractivity contribution < 1.29 is 0 Å². The predicted molar refractivity (Wildman–Crippen MR) is 106 cm³/mol. The van der Waals surface area contributed by atoms with Crippen molar-refractivity contribution in [3.05, 3.63) is 60.9 Å². The van der Waals surface area contributed by atoms with Crippen LogP contribution in [0.4, 0.5) is 5.69 Å². The molecule has 0 aliphatic carbocycles. The molecule has 3 aromatic heterocycles. The van der Waals surface area contributed by atoms with E-state index in [-0.39, 0.29) is 0 Å². The molecule has 1 aliphatic rings. The van der Waals surface area contributed by atoms with Crippen LogP contribution >= 0.6 is 0 Å². The van der Waals surface area contributed by atoms with Gasteiger partial charge in [0.2, 0.25) is 0 Å². The lowest BCUT2D eigenvalue weighted by Gasteiger charge is -2.34. The van der Waals surface area contributed by atoms with Crippen LogP contribution < -0.4 is 10.2 Å². The lowest BCUT2D eigenvalue weighted by Crippen LogP contribution is -2.49. The molecule has 1 N–H and O–H groups in total. The van der Waals surface area contributed by atoms with E-state index >= 15 is 0 Å². The highest BCUT2D eigenvalue weighted by molar-refractivity contribution is 5.92. The molecule has 0 amide bonds. The zero-order valence-electron chi connectivity index (χ0n) is 14.8. The van der Waals surface area contributed by atoms with E-state index in [0.29, 0.717) is 6.04 Å². The van der Waals surface area contributed by atoms with Gasteiger partial charge in [-0.05, 0) is 31.2 Å². The lowest BCUT2D eigenvalue weighted by molar-refractivity contribution is 0.485. The van der Waals surface area contributed by atoms with Gasteiger partial charge in [-0.25, -0.2) is 9.97 Å². The number of hydrogen-bond acceptors (Lipinski definition) is 4. The molecule has 4 aromatic rings. The van der Waals surface area contributed by atoms with Crippen molar-refractivity contribution in [2.24, 2.45) is 0 Å². The molecule has 1 saturated heterocycles. The third-order valence-corrected chi connectivity index (χ3v) is 5.09. The number of pyridine rings is 2. The number of rotatable bonds is 2. The minimum atomic E-state index is 0.487. The van der Waals surface area contributed by atoms with Crippen molar-refractivity contribution in [2.45, 2.75) is 13.0 Å². The molecule has 0 radical (unpaired) electrons. The number of benzene rings is 1. The fraction of sp³-hybridized carbons (Fsp3) is 0.238. The summed E-state index contributed by atoms with van der Waals surface area (Å²) in [6, 6.07) is 17.2. The lowest BCUT2D eigenvalue weighted by atomic mass is 10.1. The topological polar surface area (TPSA) is 45.5 Å². The summed E-state index contributed by atoms with van der Waals surface area (Å²) in [6.07, 6.45) is 3.94. The third-order valence-electron chi connectivity index (χ3n) is 5.09. The van der Waals surface area contributed by atoms with E-state index in [1.54, 1.807) is 0 Å². The molecular formula is C21H21N5. The van der Waals surface area contributed by atoms with Gasteiger partial charge in [0, 0.05) is 37.3 Å². The molecule has 0 spiro atoms. The maximum absolute atomic E-state index is 5.05. The Hall–Kier alpha value is -2.92. The highest BCUT2D eigenvalue weighted by Gasteiger charge is 2.19. The minimum Gasteiger partial charge on any atom is -0.367 e. The number of imidazole rings is 1. The van der Waals surface area contributed by atoms with E-state index < -0.39 is 0 Å². The number of aromatic nitrogens is 3. The van der Waals surface area contributed by atoms with Gasteiger partial charge in [0.05, 0.1) is 28.8 Å². The fourth-order valence-corrected chi connectivity index (χ4v) is 3.80. The first kappa shape index (κ1) is 15.3. The summed E-state index contributed by atoms with van der Waals surface area (Å²) in [7, 11) is 0. The molecular weight excluding hydrogens is 322 g/mol. The van der Waals surface area contributed by atoms with E-state index in [9.17, 15) is 0 Å². The Morgan fingerprint density at radius 2 is 2.04 bits per heavy atom. The van der Waals surface area contributed by atoms with Crippen LogP contribution in [-0.4, -0.2) is 40.0 Å². The first-order chi connectivity index (χ1) is 12.8. The number of para-hydroxylation sites is 1. The zero-order valence-corrected chi connectivity index (χ0v) is 14.8. The van der Waals surface area contributed by atoms with Crippen molar-refractivity contribution in [2.75, 3.05) is 24.5 Å². The Balaban J connectivity index is 1.66. The fourth-order valence-electron chi connectivity index (χ4n) is 3.80. The van der Waals surface area contributed by atoms with Gasteiger partial charge in [0.15, 0.2) is 0 Å². The first-order valence-corrected chi connectivity index (χ1v) is 9.10. The number of nitrogens with one attached hydrogen (secondary N) is 1.